The Morgan fingerprint density at radius 3 is 2.36 bits per heavy atom. The molecule has 4 aliphatic rings. The van der Waals surface area contributed by atoms with Crippen LogP contribution in [-0.2, 0) is 15.9 Å². The summed E-state index contributed by atoms with van der Waals surface area (Å²) in [7, 11) is 0. The zero-order valence-electron chi connectivity index (χ0n) is 18.9. The van der Waals surface area contributed by atoms with Crippen molar-refractivity contribution >= 4 is 11.5 Å². The number of halogens is 1. The van der Waals surface area contributed by atoms with E-state index in [2.05, 4.69) is 20.1 Å². The summed E-state index contributed by atoms with van der Waals surface area (Å²) in [4.78, 5) is 10.8. The minimum absolute atomic E-state index is 0.0255. The summed E-state index contributed by atoms with van der Waals surface area (Å²) in [6.07, 6.45) is 7.60. The molecule has 1 aliphatic heterocycles. The molecule has 8 heteroatoms. The van der Waals surface area contributed by atoms with Crippen molar-refractivity contribution in [2.75, 3.05) is 0 Å². The van der Waals surface area contributed by atoms with Crippen LogP contribution in [0.25, 0.3) is 5.65 Å². The van der Waals surface area contributed by atoms with Crippen molar-refractivity contribution in [3.8, 4) is 0 Å². The summed E-state index contributed by atoms with van der Waals surface area (Å²) >= 11 is 0. The van der Waals surface area contributed by atoms with Gasteiger partial charge < -0.3 is 9.94 Å². The van der Waals surface area contributed by atoms with Crippen LogP contribution in [0.3, 0.4) is 0 Å². The summed E-state index contributed by atoms with van der Waals surface area (Å²) in [5.41, 5.74) is 4.35. The van der Waals surface area contributed by atoms with E-state index in [0.29, 0.717) is 0 Å². The minimum Gasteiger partial charge on any atom is -0.390 e. The standard InChI is InChI=1S/C25H28FN5O2/c1-23(2,32)18-4-3-15-31-20(18)28-29-21(31)24-9-12-25(13-10-24,14-11-24)22-27-19(30-33-22)16-5-7-17(26)8-6-16/h3-8,15,19,30,32H,9-14H2,1-2H3. The fourth-order valence-electron chi connectivity index (χ4n) is 5.91. The van der Waals surface area contributed by atoms with Crippen LogP contribution in [0.2, 0.25) is 0 Å². The largest absolute Gasteiger partial charge is 0.390 e. The molecule has 1 atom stereocenters. The van der Waals surface area contributed by atoms with E-state index in [-0.39, 0.29) is 22.8 Å². The van der Waals surface area contributed by atoms with Gasteiger partial charge in [0.15, 0.2) is 11.8 Å². The van der Waals surface area contributed by atoms with Gasteiger partial charge in [-0.25, -0.2) is 9.38 Å². The number of hydrogen-bond donors (Lipinski definition) is 2. The first-order valence-electron chi connectivity index (χ1n) is 11.6. The predicted molar refractivity (Wildman–Crippen MR) is 121 cm³/mol. The zero-order chi connectivity index (χ0) is 22.8. The van der Waals surface area contributed by atoms with E-state index in [4.69, 9.17) is 9.83 Å². The predicted octanol–water partition coefficient (Wildman–Crippen LogP) is 4.32. The average Bonchev–Trinajstić information content (AvgIpc) is 3.48. The van der Waals surface area contributed by atoms with Gasteiger partial charge in [-0.3, -0.25) is 4.40 Å². The van der Waals surface area contributed by atoms with Gasteiger partial charge in [0.05, 0.1) is 5.60 Å². The molecule has 172 valence electrons. The average molecular weight is 450 g/mol. The molecule has 0 spiro atoms. The van der Waals surface area contributed by atoms with Gasteiger partial charge in [-0.2, -0.15) is 0 Å². The molecule has 3 aromatic rings. The van der Waals surface area contributed by atoms with E-state index in [1.807, 2.05) is 18.3 Å². The molecule has 0 radical (unpaired) electrons. The number of fused-ring (bicyclic) bond motifs is 4. The van der Waals surface area contributed by atoms with Gasteiger partial charge in [-0.15, -0.1) is 15.7 Å². The van der Waals surface area contributed by atoms with Gasteiger partial charge in [-0.05, 0) is 76.1 Å². The molecule has 7 rings (SSSR count). The first-order chi connectivity index (χ1) is 15.8. The van der Waals surface area contributed by atoms with Crippen molar-refractivity contribution in [3.05, 3.63) is 65.4 Å². The molecule has 1 unspecified atom stereocenters. The van der Waals surface area contributed by atoms with Crippen LogP contribution in [0.4, 0.5) is 4.39 Å². The number of nitrogens with zero attached hydrogens (tertiary/aromatic N) is 4. The second kappa shape index (κ2) is 7.08. The van der Waals surface area contributed by atoms with E-state index in [1.54, 1.807) is 26.0 Å². The minimum atomic E-state index is -0.981. The Hall–Kier alpha value is -2.84. The molecule has 3 aliphatic carbocycles. The highest BCUT2D eigenvalue weighted by Gasteiger charge is 2.55. The van der Waals surface area contributed by atoms with Crippen molar-refractivity contribution in [1.29, 1.82) is 0 Å². The lowest BCUT2D eigenvalue weighted by Gasteiger charge is -2.51. The molecular formula is C25H28FN5O2. The number of benzene rings is 1. The maximum absolute atomic E-state index is 13.3. The molecule has 3 saturated carbocycles. The van der Waals surface area contributed by atoms with Gasteiger partial charge in [-0.1, -0.05) is 18.2 Å². The molecule has 2 aromatic heterocycles. The first-order valence-corrected chi connectivity index (χ1v) is 11.6. The summed E-state index contributed by atoms with van der Waals surface area (Å²) in [5.74, 6) is 1.51. The van der Waals surface area contributed by atoms with Crippen LogP contribution in [0, 0.1) is 11.2 Å². The second-order valence-electron chi connectivity index (χ2n) is 10.4. The smallest absolute Gasteiger partial charge is 0.217 e. The fraction of sp³-hybridized carbons (Fsp3) is 0.480. The molecule has 2 N–H and O–H groups in total. The molecular weight excluding hydrogens is 421 g/mol. The van der Waals surface area contributed by atoms with Crippen LogP contribution in [-0.4, -0.2) is 25.6 Å². The maximum atomic E-state index is 13.3. The van der Waals surface area contributed by atoms with Crippen LogP contribution in [0.5, 0.6) is 0 Å². The Morgan fingerprint density at radius 1 is 1.03 bits per heavy atom. The third-order valence-corrected chi connectivity index (χ3v) is 7.97. The van der Waals surface area contributed by atoms with Gasteiger partial charge in [0, 0.05) is 22.6 Å². The molecule has 7 nitrogen and oxygen atoms in total. The van der Waals surface area contributed by atoms with E-state index >= 15 is 0 Å². The van der Waals surface area contributed by atoms with Gasteiger partial charge in [0.25, 0.3) is 0 Å². The Morgan fingerprint density at radius 2 is 1.70 bits per heavy atom. The number of nitrogens with one attached hydrogen (secondary N) is 1. The summed E-state index contributed by atoms with van der Waals surface area (Å²) in [6.45, 7) is 3.56. The fourth-order valence-corrected chi connectivity index (χ4v) is 5.91. The lowest BCUT2D eigenvalue weighted by molar-refractivity contribution is 0.0557. The Balaban J connectivity index is 1.27. The molecule has 33 heavy (non-hydrogen) atoms. The van der Waals surface area contributed by atoms with Crippen LogP contribution < -0.4 is 5.48 Å². The Kier molecular flexibility index (Phi) is 4.45. The Labute approximate surface area is 191 Å². The molecule has 2 bridgehead atoms. The van der Waals surface area contributed by atoms with Crippen LogP contribution >= 0.6 is 0 Å². The summed E-state index contributed by atoms with van der Waals surface area (Å²) < 4.78 is 15.4. The number of hydroxylamine groups is 1. The van der Waals surface area contributed by atoms with Gasteiger partial charge in [0.1, 0.15) is 11.6 Å². The monoisotopic (exact) mass is 449 g/mol. The molecule has 3 heterocycles. The highest BCUT2D eigenvalue weighted by molar-refractivity contribution is 5.84. The van der Waals surface area contributed by atoms with Crippen molar-refractivity contribution in [2.45, 2.75) is 69.6 Å². The van der Waals surface area contributed by atoms with E-state index in [0.717, 1.165) is 67.0 Å². The lowest BCUT2D eigenvalue weighted by atomic mass is 9.53. The second-order valence-corrected chi connectivity index (χ2v) is 10.4. The maximum Gasteiger partial charge on any atom is 0.217 e. The number of rotatable bonds is 4. The van der Waals surface area contributed by atoms with Crippen molar-refractivity contribution in [1.82, 2.24) is 20.1 Å². The van der Waals surface area contributed by atoms with Gasteiger partial charge >= 0.3 is 0 Å². The van der Waals surface area contributed by atoms with E-state index in [1.165, 1.54) is 12.1 Å². The molecule has 0 amide bonds. The first kappa shape index (κ1) is 20.7. The number of aliphatic imine (C=N–C) groups is 1. The van der Waals surface area contributed by atoms with E-state index < -0.39 is 5.60 Å². The topological polar surface area (TPSA) is 84.0 Å². The molecule has 0 saturated heterocycles. The molecule has 1 aromatic carbocycles. The van der Waals surface area contributed by atoms with Crippen LogP contribution in [0.15, 0.2) is 47.6 Å². The zero-order valence-corrected chi connectivity index (χ0v) is 18.9. The normalized spacial score (nSPS) is 29.3. The van der Waals surface area contributed by atoms with E-state index in [9.17, 15) is 9.50 Å². The number of pyridine rings is 1. The third kappa shape index (κ3) is 3.19. The number of aliphatic hydroxyl groups is 1. The third-order valence-electron chi connectivity index (χ3n) is 7.97. The van der Waals surface area contributed by atoms with Crippen molar-refractivity contribution in [3.63, 3.8) is 0 Å². The quantitative estimate of drug-likeness (QED) is 0.620. The van der Waals surface area contributed by atoms with Crippen LogP contribution in [0.1, 0.15) is 75.5 Å². The number of hydrogen-bond acceptors (Lipinski definition) is 6. The lowest BCUT2D eigenvalue weighted by Crippen LogP contribution is -2.49. The summed E-state index contributed by atoms with van der Waals surface area (Å²) in [5, 5.41) is 19.7. The highest BCUT2D eigenvalue weighted by Crippen LogP contribution is 2.58. The molecule has 3 fully saturated rings. The highest BCUT2D eigenvalue weighted by atomic mass is 19.1. The SMILES string of the molecule is CC(C)(O)c1cccn2c(C34CCC(C5=NC(c6ccc(F)cc6)NO5)(CC3)CC4)nnc12. The Bertz CT molecular complexity index is 1220. The van der Waals surface area contributed by atoms with Gasteiger partial charge in [0.2, 0.25) is 5.90 Å². The van der Waals surface area contributed by atoms with Crippen molar-refractivity contribution < 1.29 is 14.3 Å². The van der Waals surface area contributed by atoms with Crippen molar-refractivity contribution in [2.24, 2.45) is 10.4 Å². The summed E-state index contributed by atoms with van der Waals surface area (Å²) in [6, 6.07) is 10.3. The number of aromatic nitrogens is 3.